The molecule has 0 bridgehead atoms. The van der Waals surface area contributed by atoms with Crippen LogP contribution in [0.3, 0.4) is 0 Å². The number of hydrogen-bond donors (Lipinski definition) is 2. The van der Waals surface area contributed by atoms with Crippen molar-refractivity contribution in [3.8, 4) is 0 Å². The highest BCUT2D eigenvalue weighted by atomic mass is 16.6. The van der Waals surface area contributed by atoms with Gasteiger partial charge in [-0.05, 0) is 85.3 Å². The number of carbonyl (C=O) groups is 2. The maximum absolute atomic E-state index is 11.9. The van der Waals surface area contributed by atoms with Gasteiger partial charge in [-0.2, -0.15) is 0 Å². The van der Waals surface area contributed by atoms with Gasteiger partial charge in [-0.25, -0.2) is 14.6 Å². The highest BCUT2D eigenvalue weighted by Gasteiger charge is 2.28. The fraction of sp³-hybridized carbons (Fsp3) is 0.667. The molecule has 0 aliphatic heterocycles. The van der Waals surface area contributed by atoms with Crippen LogP contribution < -0.4 is 10.6 Å². The molecule has 1 aliphatic rings. The third-order valence-electron chi connectivity index (χ3n) is 4.20. The van der Waals surface area contributed by atoms with E-state index in [0.29, 0.717) is 11.7 Å². The number of aromatic nitrogens is 1. The molecule has 1 saturated carbocycles. The fourth-order valence-electron chi connectivity index (χ4n) is 3.23. The van der Waals surface area contributed by atoms with Crippen molar-refractivity contribution in [2.75, 3.05) is 5.32 Å². The summed E-state index contributed by atoms with van der Waals surface area (Å²) in [5.41, 5.74) is -0.133. The highest BCUT2D eigenvalue weighted by molar-refractivity contribution is 5.83. The third-order valence-corrected chi connectivity index (χ3v) is 4.20. The van der Waals surface area contributed by atoms with Crippen LogP contribution in [-0.4, -0.2) is 34.4 Å². The molecule has 0 radical (unpaired) electrons. The molecule has 7 heteroatoms. The van der Waals surface area contributed by atoms with Crippen molar-refractivity contribution in [3.63, 3.8) is 0 Å². The number of nitrogens with one attached hydrogen (secondary N) is 2. The molecule has 1 aliphatic carbocycles. The van der Waals surface area contributed by atoms with Gasteiger partial charge in [0.1, 0.15) is 17.0 Å². The Labute approximate surface area is 167 Å². The van der Waals surface area contributed by atoms with E-state index in [4.69, 9.17) is 9.47 Å². The minimum atomic E-state index is -0.554. The van der Waals surface area contributed by atoms with E-state index in [0.717, 1.165) is 31.4 Å². The van der Waals surface area contributed by atoms with E-state index in [1.165, 1.54) is 0 Å². The number of anilines is 1. The van der Waals surface area contributed by atoms with E-state index in [1.54, 1.807) is 6.07 Å². The van der Waals surface area contributed by atoms with Gasteiger partial charge < -0.3 is 14.8 Å². The number of hydrogen-bond acceptors (Lipinski definition) is 5. The predicted molar refractivity (Wildman–Crippen MR) is 108 cm³/mol. The summed E-state index contributed by atoms with van der Waals surface area (Å²) in [6.45, 7) is 11.0. The smallest absolute Gasteiger partial charge is 0.413 e. The lowest BCUT2D eigenvalue weighted by Gasteiger charge is -2.21. The number of pyridine rings is 1. The first-order chi connectivity index (χ1) is 12.9. The van der Waals surface area contributed by atoms with E-state index < -0.39 is 17.3 Å². The Kier molecular flexibility index (Phi) is 6.91. The average molecular weight is 392 g/mol. The fourth-order valence-corrected chi connectivity index (χ4v) is 3.23. The lowest BCUT2D eigenvalue weighted by Crippen LogP contribution is -2.38. The summed E-state index contributed by atoms with van der Waals surface area (Å²) in [5.74, 6) is 0.914. The van der Waals surface area contributed by atoms with Crippen LogP contribution in [0.5, 0.6) is 0 Å². The second-order valence-electron chi connectivity index (χ2n) is 9.37. The van der Waals surface area contributed by atoms with Gasteiger partial charge in [-0.1, -0.05) is 6.07 Å². The number of alkyl carbamates (subject to hydrolysis) is 1. The molecule has 1 unspecified atom stereocenters. The molecule has 0 aromatic carbocycles. The lowest BCUT2D eigenvalue weighted by atomic mass is 10.0. The summed E-state index contributed by atoms with van der Waals surface area (Å²) in [5, 5.41) is 5.63. The van der Waals surface area contributed by atoms with Gasteiger partial charge in [0.25, 0.3) is 0 Å². The van der Waals surface area contributed by atoms with Gasteiger partial charge in [0.05, 0.1) is 0 Å². The summed E-state index contributed by atoms with van der Waals surface area (Å²) in [4.78, 5) is 28.3. The van der Waals surface area contributed by atoms with Crippen LogP contribution in [0.4, 0.5) is 15.4 Å². The molecule has 2 N–H and O–H groups in total. The molecule has 2 atom stereocenters. The second-order valence-corrected chi connectivity index (χ2v) is 9.37. The number of nitrogens with zero attached hydrogens (tertiary/aromatic N) is 1. The van der Waals surface area contributed by atoms with Gasteiger partial charge in [-0.3, -0.25) is 5.32 Å². The molecular weight excluding hydrogens is 358 g/mol. The van der Waals surface area contributed by atoms with Gasteiger partial charge in [0.15, 0.2) is 0 Å². The van der Waals surface area contributed by atoms with Crippen LogP contribution in [0.25, 0.3) is 0 Å². The van der Waals surface area contributed by atoms with E-state index >= 15 is 0 Å². The summed E-state index contributed by atoms with van der Waals surface area (Å²) < 4.78 is 10.6. The van der Waals surface area contributed by atoms with Crippen LogP contribution in [-0.2, 0) is 15.9 Å². The van der Waals surface area contributed by atoms with Crippen LogP contribution >= 0.6 is 0 Å². The predicted octanol–water partition coefficient (Wildman–Crippen LogP) is 4.66. The molecule has 28 heavy (non-hydrogen) atoms. The summed E-state index contributed by atoms with van der Waals surface area (Å²) in [6.07, 6.45) is 2.77. The minimum absolute atomic E-state index is 0.128. The molecule has 0 saturated heterocycles. The van der Waals surface area contributed by atoms with Crippen molar-refractivity contribution in [2.45, 2.75) is 84.5 Å². The monoisotopic (exact) mass is 391 g/mol. The largest absolute Gasteiger partial charge is 0.444 e. The van der Waals surface area contributed by atoms with Crippen molar-refractivity contribution in [2.24, 2.45) is 5.92 Å². The molecule has 1 aromatic rings. The Morgan fingerprint density at radius 2 is 1.68 bits per heavy atom. The first-order valence-electron chi connectivity index (χ1n) is 9.85. The Bertz CT molecular complexity index is 692. The van der Waals surface area contributed by atoms with Crippen LogP contribution in [0.2, 0.25) is 0 Å². The molecule has 2 rings (SSSR count). The van der Waals surface area contributed by atoms with Gasteiger partial charge in [-0.15, -0.1) is 0 Å². The average Bonchev–Trinajstić information content (AvgIpc) is 2.90. The van der Waals surface area contributed by atoms with Gasteiger partial charge >= 0.3 is 12.2 Å². The minimum Gasteiger partial charge on any atom is -0.444 e. The highest BCUT2D eigenvalue weighted by Crippen LogP contribution is 2.29. The van der Waals surface area contributed by atoms with Crippen LogP contribution in [0.1, 0.15) is 66.5 Å². The number of carbonyl (C=O) groups excluding carboxylic acids is 2. The zero-order valence-corrected chi connectivity index (χ0v) is 17.8. The van der Waals surface area contributed by atoms with Crippen LogP contribution in [0.15, 0.2) is 18.2 Å². The molecule has 1 aromatic heterocycles. The summed E-state index contributed by atoms with van der Waals surface area (Å²) in [7, 11) is 0. The van der Waals surface area contributed by atoms with Crippen molar-refractivity contribution in [1.29, 1.82) is 0 Å². The normalized spacial score (nSPS) is 19.8. The zero-order valence-electron chi connectivity index (χ0n) is 17.8. The lowest BCUT2D eigenvalue weighted by molar-refractivity contribution is 0.0503. The van der Waals surface area contributed by atoms with Gasteiger partial charge in [0, 0.05) is 11.7 Å². The molecule has 156 valence electrons. The standard InChI is InChI=1S/C21H33N3O4/c1-20(2,3)27-18(25)23-16-11-10-14(13-16)12-15-8-7-9-17(22-15)24-19(26)28-21(4,5)6/h7-9,14,16H,10-13H2,1-6H3,(H,23,25)(H,22,24,26)/t14-,16?/m0/s1. The molecular formula is C21H33N3O4. The third kappa shape index (κ3) is 8.15. The quantitative estimate of drug-likeness (QED) is 0.779. The molecule has 1 fully saturated rings. The number of amides is 2. The van der Waals surface area contributed by atoms with Crippen molar-refractivity contribution in [3.05, 3.63) is 23.9 Å². The SMILES string of the molecule is CC(C)(C)OC(=O)Nc1cccc(C[C@@H]2CCC(NC(=O)OC(C)(C)C)C2)n1. The number of rotatable bonds is 4. The first kappa shape index (κ1) is 22.0. The van der Waals surface area contributed by atoms with E-state index in [1.807, 2.05) is 53.7 Å². The van der Waals surface area contributed by atoms with E-state index in [-0.39, 0.29) is 12.1 Å². The van der Waals surface area contributed by atoms with Gasteiger partial charge in [0.2, 0.25) is 0 Å². The Morgan fingerprint density at radius 3 is 2.32 bits per heavy atom. The maximum atomic E-state index is 11.9. The number of ether oxygens (including phenoxy) is 2. The Balaban J connectivity index is 1.84. The molecule has 0 spiro atoms. The second kappa shape index (κ2) is 8.80. The van der Waals surface area contributed by atoms with Crippen molar-refractivity contribution >= 4 is 18.0 Å². The summed E-state index contributed by atoms with van der Waals surface area (Å²) in [6, 6.07) is 5.70. The zero-order chi connectivity index (χ0) is 20.9. The first-order valence-corrected chi connectivity index (χ1v) is 9.85. The van der Waals surface area contributed by atoms with Crippen molar-refractivity contribution in [1.82, 2.24) is 10.3 Å². The molecule has 7 nitrogen and oxygen atoms in total. The summed E-state index contributed by atoms with van der Waals surface area (Å²) >= 11 is 0. The topological polar surface area (TPSA) is 89.6 Å². The van der Waals surface area contributed by atoms with E-state index in [9.17, 15) is 9.59 Å². The maximum Gasteiger partial charge on any atom is 0.413 e. The Hall–Kier alpha value is -2.31. The molecule has 2 amide bonds. The molecule has 1 heterocycles. The van der Waals surface area contributed by atoms with Crippen LogP contribution in [0, 0.1) is 5.92 Å². The van der Waals surface area contributed by atoms with E-state index in [2.05, 4.69) is 15.6 Å². The van der Waals surface area contributed by atoms with Crippen molar-refractivity contribution < 1.29 is 19.1 Å². The Morgan fingerprint density at radius 1 is 1.04 bits per heavy atom.